The number of carboxylic acid groups (broad SMARTS) is 1. The molecule has 1 saturated heterocycles. The summed E-state index contributed by atoms with van der Waals surface area (Å²) in [6.07, 6.45) is -0.711. The Balaban J connectivity index is 2.24. The van der Waals surface area contributed by atoms with Crippen molar-refractivity contribution in [3.05, 3.63) is 0 Å². The lowest BCUT2D eigenvalue weighted by atomic mass is 9.96. The van der Waals surface area contributed by atoms with Crippen LogP contribution in [-0.4, -0.2) is 42.0 Å². The van der Waals surface area contributed by atoms with Gasteiger partial charge in [-0.25, -0.2) is 4.79 Å². The zero-order valence-corrected chi connectivity index (χ0v) is 6.79. The van der Waals surface area contributed by atoms with Crippen molar-refractivity contribution in [1.82, 2.24) is 10.6 Å². The number of hydrogen-bond acceptors (Lipinski definition) is 3. The molecule has 0 radical (unpaired) electrons. The number of nitrogens with one attached hydrogen (secondary N) is 2. The summed E-state index contributed by atoms with van der Waals surface area (Å²) in [5.41, 5.74) is 0. The van der Waals surface area contributed by atoms with Gasteiger partial charge in [-0.05, 0) is 13.0 Å². The quantitative estimate of drug-likeness (QED) is 0.443. The third kappa shape index (κ3) is 2.67. The molecule has 0 aromatic rings. The van der Waals surface area contributed by atoms with Crippen LogP contribution in [0, 0.1) is 5.92 Å². The molecular formula is C7H14N2O3. The lowest BCUT2D eigenvalue weighted by Crippen LogP contribution is -2.45. The molecule has 0 saturated carbocycles. The van der Waals surface area contributed by atoms with E-state index in [0.29, 0.717) is 19.5 Å². The Morgan fingerprint density at radius 2 is 2.42 bits per heavy atom. The van der Waals surface area contributed by atoms with Crippen molar-refractivity contribution in [2.75, 3.05) is 19.6 Å². The van der Waals surface area contributed by atoms with Gasteiger partial charge in [0.2, 0.25) is 0 Å². The molecule has 0 spiro atoms. The van der Waals surface area contributed by atoms with Gasteiger partial charge in [0, 0.05) is 19.0 Å². The van der Waals surface area contributed by atoms with E-state index in [2.05, 4.69) is 10.6 Å². The molecule has 1 rings (SSSR count). The summed E-state index contributed by atoms with van der Waals surface area (Å²) in [5, 5.41) is 23.1. The Morgan fingerprint density at radius 1 is 1.67 bits per heavy atom. The second kappa shape index (κ2) is 4.27. The molecule has 1 heterocycles. The van der Waals surface area contributed by atoms with Gasteiger partial charge in [-0.3, -0.25) is 0 Å². The summed E-state index contributed by atoms with van der Waals surface area (Å²) >= 11 is 0. The first-order chi connectivity index (χ1) is 5.70. The van der Waals surface area contributed by atoms with Crippen molar-refractivity contribution >= 4 is 6.09 Å². The van der Waals surface area contributed by atoms with E-state index in [4.69, 9.17) is 5.11 Å². The molecule has 1 fully saturated rings. The number of hydrogen-bond donors (Lipinski definition) is 4. The molecule has 4 N–H and O–H groups in total. The highest BCUT2D eigenvalue weighted by Gasteiger charge is 2.22. The van der Waals surface area contributed by atoms with Gasteiger partial charge in [-0.1, -0.05) is 0 Å². The highest BCUT2D eigenvalue weighted by atomic mass is 16.4. The number of carbonyl (C=O) groups is 1. The molecule has 5 heteroatoms. The van der Waals surface area contributed by atoms with Gasteiger partial charge >= 0.3 is 6.09 Å². The molecule has 0 aromatic heterocycles. The second-order valence-electron chi connectivity index (χ2n) is 3.01. The summed E-state index contributed by atoms with van der Waals surface area (Å²) < 4.78 is 0. The maximum atomic E-state index is 10.1. The van der Waals surface area contributed by atoms with E-state index in [0.717, 1.165) is 6.54 Å². The van der Waals surface area contributed by atoms with Crippen molar-refractivity contribution in [3.63, 3.8) is 0 Å². The first-order valence-corrected chi connectivity index (χ1v) is 4.05. The average Bonchev–Trinajstić information content (AvgIpc) is 2.03. The fraction of sp³-hybridized carbons (Fsp3) is 0.857. The molecule has 0 unspecified atom stereocenters. The smallest absolute Gasteiger partial charge is 0.404 e. The zero-order chi connectivity index (χ0) is 8.97. The molecule has 2 atom stereocenters. The van der Waals surface area contributed by atoms with Gasteiger partial charge < -0.3 is 20.8 Å². The molecule has 5 nitrogen and oxygen atoms in total. The molecule has 1 aliphatic heterocycles. The van der Waals surface area contributed by atoms with Gasteiger partial charge in [0.25, 0.3) is 0 Å². The van der Waals surface area contributed by atoms with Crippen LogP contribution in [-0.2, 0) is 0 Å². The zero-order valence-electron chi connectivity index (χ0n) is 6.79. The normalized spacial score (nSPS) is 29.8. The third-order valence-electron chi connectivity index (χ3n) is 2.08. The average molecular weight is 174 g/mol. The van der Waals surface area contributed by atoms with Crippen molar-refractivity contribution in [1.29, 1.82) is 0 Å². The van der Waals surface area contributed by atoms with Crippen molar-refractivity contribution < 1.29 is 15.0 Å². The summed E-state index contributed by atoms with van der Waals surface area (Å²) in [6.45, 7) is 1.82. The maximum absolute atomic E-state index is 10.1. The van der Waals surface area contributed by atoms with Gasteiger partial charge in [-0.2, -0.15) is 0 Å². The third-order valence-corrected chi connectivity index (χ3v) is 2.08. The van der Waals surface area contributed by atoms with Crippen LogP contribution in [0.4, 0.5) is 4.79 Å². The van der Waals surface area contributed by atoms with E-state index < -0.39 is 6.09 Å². The molecule has 0 aromatic carbocycles. The number of piperidine rings is 1. The molecule has 1 aliphatic rings. The van der Waals surface area contributed by atoms with Crippen LogP contribution in [0.2, 0.25) is 0 Å². The monoisotopic (exact) mass is 174 g/mol. The Labute approximate surface area is 70.8 Å². The Hall–Kier alpha value is -0.810. The Kier molecular flexibility index (Phi) is 3.31. The van der Waals surface area contributed by atoms with Crippen LogP contribution in [0.25, 0.3) is 0 Å². The largest absolute Gasteiger partial charge is 0.465 e. The Morgan fingerprint density at radius 3 is 3.00 bits per heavy atom. The minimum Gasteiger partial charge on any atom is -0.465 e. The number of aliphatic hydroxyl groups excluding tert-OH is 1. The predicted molar refractivity (Wildman–Crippen MR) is 43.0 cm³/mol. The topological polar surface area (TPSA) is 81.6 Å². The van der Waals surface area contributed by atoms with Gasteiger partial charge in [0.15, 0.2) is 0 Å². The van der Waals surface area contributed by atoms with Crippen LogP contribution in [0.5, 0.6) is 0 Å². The number of rotatable bonds is 2. The van der Waals surface area contributed by atoms with Crippen molar-refractivity contribution in [2.45, 2.75) is 12.5 Å². The molecular weight excluding hydrogens is 160 g/mol. The highest BCUT2D eigenvalue weighted by molar-refractivity contribution is 5.64. The first-order valence-electron chi connectivity index (χ1n) is 4.05. The van der Waals surface area contributed by atoms with E-state index in [1.807, 2.05) is 0 Å². The number of amides is 1. The minimum absolute atomic E-state index is 0.00912. The summed E-state index contributed by atoms with van der Waals surface area (Å²) in [5.74, 6) is 0.00912. The fourth-order valence-electron chi connectivity index (χ4n) is 1.34. The van der Waals surface area contributed by atoms with Gasteiger partial charge in [-0.15, -0.1) is 0 Å². The van der Waals surface area contributed by atoms with Crippen molar-refractivity contribution in [2.24, 2.45) is 5.92 Å². The van der Waals surface area contributed by atoms with E-state index in [-0.39, 0.29) is 12.0 Å². The molecule has 12 heavy (non-hydrogen) atoms. The fourth-order valence-corrected chi connectivity index (χ4v) is 1.34. The summed E-state index contributed by atoms with van der Waals surface area (Å²) in [6, 6.07) is 0. The summed E-state index contributed by atoms with van der Waals surface area (Å²) in [4.78, 5) is 10.1. The van der Waals surface area contributed by atoms with Crippen LogP contribution in [0.3, 0.4) is 0 Å². The van der Waals surface area contributed by atoms with Crippen LogP contribution < -0.4 is 10.6 Å². The van der Waals surface area contributed by atoms with E-state index in [1.54, 1.807) is 0 Å². The standard InChI is InChI=1S/C7H14N2O3/c10-6-1-2-8-3-5(6)4-9-7(11)12/h5-6,8-10H,1-4H2,(H,11,12)/t5-,6-/m0/s1. The Bertz CT molecular complexity index is 163. The van der Waals surface area contributed by atoms with E-state index in [9.17, 15) is 9.90 Å². The van der Waals surface area contributed by atoms with Crippen LogP contribution >= 0.6 is 0 Å². The SMILES string of the molecule is O=C(O)NC[C@@H]1CNCC[C@@H]1O. The van der Waals surface area contributed by atoms with Crippen molar-refractivity contribution in [3.8, 4) is 0 Å². The van der Waals surface area contributed by atoms with Gasteiger partial charge in [0.05, 0.1) is 6.10 Å². The lowest BCUT2D eigenvalue weighted by Gasteiger charge is -2.27. The molecule has 0 bridgehead atoms. The van der Waals surface area contributed by atoms with Gasteiger partial charge in [0.1, 0.15) is 0 Å². The van der Waals surface area contributed by atoms with Crippen LogP contribution in [0.15, 0.2) is 0 Å². The van der Waals surface area contributed by atoms with E-state index >= 15 is 0 Å². The molecule has 0 aliphatic carbocycles. The summed E-state index contributed by atoms with van der Waals surface area (Å²) in [7, 11) is 0. The molecule has 70 valence electrons. The van der Waals surface area contributed by atoms with E-state index in [1.165, 1.54) is 0 Å². The number of aliphatic hydroxyl groups is 1. The lowest BCUT2D eigenvalue weighted by molar-refractivity contribution is 0.0785. The second-order valence-corrected chi connectivity index (χ2v) is 3.01. The van der Waals surface area contributed by atoms with Crippen LogP contribution in [0.1, 0.15) is 6.42 Å². The molecule has 1 amide bonds. The predicted octanol–water partition coefficient (Wildman–Crippen LogP) is -0.776. The minimum atomic E-state index is -1.03. The maximum Gasteiger partial charge on any atom is 0.404 e. The highest BCUT2D eigenvalue weighted by Crippen LogP contribution is 2.09. The first kappa shape index (κ1) is 9.28.